The van der Waals surface area contributed by atoms with E-state index in [9.17, 15) is 4.79 Å². The van der Waals surface area contributed by atoms with Crippen LogP contribution in [0.1, 0.15) is 5.01 Å². The van der Waals surface area contributed by atoms with Gasteiger partial charge in [0.15, 0.2) is 0 Å². The molecule has 1 N–H and O–H groups in total. The van der Waals surface area contributed by atoms with Crippen molar-refractivity contribution in [3.05, 3.63) is 78.2 Å². The summed E-state index contributed by atoms with van der Waals surface area (Å²) in [4.78, 5) is 25.6. The second kappa shape index (κ2) is 8.25. The van der Waals surface area contributed by atoms with Crippen molar-refractivity contribution in [2.24, 2.45) is 0 Å². The Morgan fingerprint density at radius 1 is 1.07 bits per heavy atom. The Hall–Kier alpha value is -3.23. The van der Waals surface area contributed by atoms with Gasteiger partial charge >= 0.3 is 0 Å². The molecule has 2 aromatic carbocycles. The minimum absolute atomic E-state index is 0.0224. The van der Waals surface area contributed by atoms with Gasteiger partial charge in [-0.1, -0.05) is 24.3 Å². The maximum Gasteiger partial charge on any atom is 0.234 e. The minimum Gasteiger partial charge on any atom is -0.325 e. The molecule has 0 radical (unpaired) electrons. The first-order valence-electron chi connectivity index (χ1n) is 9.37. The molecule has 0 aliphatic heterocycles. The third-order valence-electron chi connectivity index (χ3n) is 4.50. The SMILES string of the molecule is O=C(CSCc1nc2ccccc2s1)Nc1ccc(-c2cn3cccnc3n2)cc1. The van der Waals surface area contributed by atoms with Gasteiger partial charge in [0.1, 0.15) is 5.01 Å². The average molecular weight is 432 g/mol. The number of rotatable bonds is 6. The summed E-state index contributed by atoms with van der Waals surface area (Å²) in [6.07, 6.45) is 5.58. The molecule has 5 rings (SSSR count). The highest BCUT2D eigenvalue weighted by Crippen LogP contribution is 2.25. The molecule has 0 aliphatic carbocycles. The molecular weight excluding hydrogens is 414 g/mol. The van der Waals surface area contributed by atoms with Crippen LogP contribution in [0.5, 0.6) is 0 Å². The Balaban J connectivity index is 1.16. The average Bonchev–Trinajstić information content (AvgIpc) is 3.38. The fraction of sp³-hybridized carbons (Fsp3) is 0.0909. The van der Waals surface area contributed by atoms with Crippen LogP contribution in [0.3, 0.4) is 0 Å². The predicted octanol–water partition coefficient (Wildman–Crippen LogP) is 4.88. The molecule has 0 unspecified atom stereocenters. The van der Waals surface area contributed by atoms with Gasteiger partial charge in [-0.3, -0.25) is 9.20 Å². The van der Waals surface area contributed by atoms with E-state index in [1.807, 2.05) is 65.3 Å². The van der Waals surface area contributed by atoms with Crippen LogP contribution in [0.2, 0.25) is 0 Å². The number of carbonyl (C=O) groups is 1. The van der Waals surface area contributed by atoms with Crippen molar-refractivity contribution in [1.82, 2.24) is 19.4 Å². The van der Waals surface area contributed by atoms with Crippen molar-refractivity contribution < 1.29 is 4.79 Å². The second-order valence-electron chi connectivity index (χ2n) is 6.65. The van der Waals surface area contributed by atoms with E-state index in [2.05, 4.69) is 26.3 Å². The van der Waals surface area contributed by atoms with Crippen molar-refractivity contribution in [1.29, 1.82) is 0 Å². The van der Waals surface area contributed by atoms with Crippen LogP contribution in [-0.4, -0.2) is 31.0 Å². The third kappa shape index (κ3) is 4.05. The summed E-state index contributed by atoms with van der Waals surface area (Å²) in [5.74, 6) is 1.75. The number of thiazole rings is 1. The summed E-state index contributed by atoms with van der Waals surface area (Å²) in [5, 5.41) is 3.99. The normalized spacial score (nSPS) is 11.2. The van der Waals surface area contributed by atoms with E-state index in [-0.39, 0.29) is 5.91 Å². The number of benzene rings is 2. The minimum atomic E-state index is -0.0224. The van der Waals surface area contributed by atoms with Gasteiger partial charge in [0.05, 0.1) is 21.7 Å². The molecule has 0 spiro atoms. The molecule has 0 bridgehead atoms. The van der Waals surface area contributed by atoms with Crippen LogP contribution in [-0.2, 0) is 10.5 Å². The Morgan fingerprint density at radius 2 is 1.93 bits per heavy atom. The Bertz CT molecular complexity index is 1260. The highest BCUT2D eigenvalue weighted by Gasteiger charge is 2.08. The Kier molecular flexibility index (Phi) is 5.17. The molecule has 8 heteroatoms. The lowest BCUT2D eigenvalue weighted by Gasteiger charge is -2.05. The number of hydrogen-bond donors (Lipinski definition) is 1. The predicted molar refractivity (Wildman–Crippen MR) is 123 cm³/mol. The van der Waals surface area contributed by atoms with Crippen LogP contribution >= 0.6 is 23.1 Å². The number of fused-ring (bicyclic) bond motifs is 2. The van der Waals surface area contributed by atoms with Crippen LogP contribution < -0.4 is 5.32 Å². The molecule has 0 fully saturated rings. The number of nitrogens with zero attached hydrogens (tertiary/aromatic N) is 4. The van der Waals surface area contributed by atoms with Gasteiger partial charge in [-0.25, -0.2) is 15.0 Å². The van der Waals surface area contributed by atoms with Gasteiger partial charge in [-0.2, -0.15) is 0 Å². The summed E-state index contributed by atoms with van der Waals surface area (Å²) in [6.45, 7) is 0. The smallest absolute Gasteiger partial charge is 0.234 e. The maximum absolute atomic E-state index is 12.3. The zero-order valence-corrected chi connectivity index (χ0v) is 17.5. The van der Waals surface area contributed by atoms with E-state index in [4.69, 9.17) is 0 Å². The molecule has 6 nitrogen and oxygen atoms in total. The zero-order chi connectivity index (χ0) is 20.3. The van der Waals surface area contributed by atoms with E-state index in [1.165, 1.54) is 4.70 Å². The quantitative estimate of drug-likeness (QED) is 0.415. The molecule has 0 aliphatic rings. The number of anilines is 1. The van der Waals surface area contributed by atoms with Gasteiger partial charge < -0.3 is 5.32 Å². The molecule has 0 saturated carbocycles. The zero-order valence-electron chi connectivity index (χ0n) is 15.9. The van der Waals surface area contributed by atoms with Crippen LogP contribution in [0.15, 0.2) is 73.2 Å². The highest BCUT2D eigenvalue weighted by molar-refractivity contribution is 7.99. The fourth-order valence-corrected chi connectivity index (χ4v) is 4.95. The third-order valence-corrected chi connectivity index (χ3v) is 6.66. The van der Waals surface area contributed by atoms with Gasteiger partial charge in [0.25, 0.3) is 0 Å². The molecule has 30 heavy (non-hydrogen) atoms. The monoisotopic (exact) mass is 431 g/mol. The van der Waals surface area contributed by atoms with Crippen molar-refractivity contribution in [2.75, 3.05) is 11.1 Å². The molecule has 5 aromatic rings. The van der Waals surface area contributed by atoms with E-state index in [0.717, 1.165) is 33.2 Å². The number of hydrogen-bond acceptors (Lipinski definition) is 6. The van der Waals surface area contributed by atoms with Gasteiger partial charge in [-0.15, -0.1) is 23.1 Å². The summed E-state index contributed by atoms with van der Waals surface area (Å²) in [7, 11) is 0. The van der Waals surface area contributed by atoms with Crippen LogP contribution in [0, 0.1) is 0 Å². The molecule has 3 aromatic heterocycles. The van der Waals surface area contributed by atoms with E-state index in [0.29, 0.717) is 11.5 Å². The van der Waals surface area contributed by atoms with Gasteiger partial charge in [-0.05, 0) is 30.3 Å². The van der Waals surface area contributed by atoms with Crippen molar-refractivity contribution in [3.63, 3.8) is 0 Å². The molecule has 0 atom stereocenters. The van der Waals surface area contributed by atoms with Crippen molar-refractivity contribution in [3.8, 4) is 11.3 Å². The van der Waals surface area contributed by atoms with Gasteiger partial charge in [0, 0.05) is 35.6 Å². The van der Waals surface area contributed by atoms with Crippen molar-refractivity contribution in [2.45, 2.75) is 5.75 Å². The molecule has 0 saturated heterocycles. The number of thioether (sulfide) groups is 1. The fourth-order valence-electron chi connectivity index (χ4n) is 3.10. The highest BCUT2D eigenvalue weighted by atomic mass is 32.2. The largest absolute Gasteiger partial charge is 0.325 e. The van der Waals surface area contributed by atoms with E-state index >= 15 is 0 Å². The Labute approximate surface area is 181 Å². The summed E-state index contributed by atoms with van der Waals surface area (Å²) in [6, 6.07) is 17.6. The first-order chi connectivity index (χ1) is 14.7. The van der Waals surface area contributed by atoms with E-state index < -0.39 is 0 Å². The lowest BCUT2D eigenvalue weighted by atomic mass is 10.1. The molecular formula is C22H17N5OS2. The van der Waals surface area contributed by atoms with Crippen molar-refractivity contribution >= 4 is 50.7 Å². The standard InChI is InChI=1S/C22H17N5OS2/c28-20(13-29-14-21-25-17-4-1-2-5-19(17)30-21)24-16-8-6-15(7-9-16)18-12-27-11-3-10-23-22(27)26-18/h1-12H,13-14H2,(H,24,28). The van der Waals surface area contributed by atoms with Crippen LogP contribution in [0.25, 0.3) is 27.3 Å². The molecule has 1 amide bonds. The number of para-hydroxylation sites is 1. The number of amides is 1. The lowest BCUT2D eigenvalue weighted by molar-refractivity contribution is -0.113. The van der Waals surface area contributed by atoms with Crippen LogP contribution in [0.4, 0.5) is 5.69 Å². The topological polar surface area (TPSA) is 72.2 Å². The van der Waals surface area contributed by atoms with E-state index in [1.54, 1.807) is 29.3 Å². The summed E-state index contributed by atoms with van der Waals surface area (Å²) in [5.41, 5.74) is 3.61. The first-order valence-corrected chi connectivity index (χ1v) is 11.3. The summed E-state index contributed by atoms with van der Waals surface area (Å²) < 4.78 is 3.06. The van der Waals surface area contributed by atoms with Gasteiger partial charge in [0.2, 0.25) is 11.7 Å². The molecule has 3 heterocycles. The number of imidazole rings is 1. The number of carbonyl (C=O) groups excluding carboxylic acids is 1. The Morgan fingerprint density at radius 3 is 2.77 bits per heavy atom. The summed E-state index contributed by atoms with van der Waals surface area (Å²) >= 11 is 3.25. The maximum atomic E-state index is 12.3. The molecule has 148 valence electrons. The second-order valence-corrected chi connectivity index (χ2v) is 8.75. The number of nitrogens with one attached hydrogen (secondary N) is 1. The number of aromatic nitrogens is 4. The first kappa shape index (κ1) is 18.8. The lowest BCUT2D eigenvalue weighted by Crippen LogP contribution is -2.14.